The van der Waals surface area contributed by atoms with Crippen LogP contribution in [0, 0.1) is 13.8 Å². The van der Waals surface area contributed by atoms with Gasteiger partial charge in [-0.05, 0) is 60.1 Å². The molecule has 2 rings (SSSR count). The van der Waals surface area contributed by atoms with Crippen molar-refractivity contribution in [3.05, 3.63) is 64.7 Å². The largest absolute Gasteiger partial charge is 0.326 e. The maximum absolute atomic E-state index is 12.1. The van der Waals surface area contributed by atoms with Crippen LogP contribution in [0.15, 0.2) is 42.5 Å². The van der Waals surface area contributed by atoms with E-state index >= 15 is 0 Å². The van der Waals surface area contributed by atoms with Crippen molar-refractivity contribution in [3.63, 3.8) is 0 Å². The van der Waals surface area contributed by atoms with Gasteiger partial charge in [0.2, 0.25) is 5.91 Å². The Hall–Kier alpha value is -2.09. The molecule has 2 aromatic carbocycles. The fourth-order valence-corrected chi connectivity index (χ4v) is 2.70. The minimum Gasteiger partial charge on any atom is -0.326 e. The number of nitrogens with one attached hydrogen (secondary N) is 1. The van der Waals surface area contributed by atoms with E-state index in [1.54, 1.807) is 0 Å². The lowest BCUT2D eigenvalue weighted by molar-refractivity contribution is -0.116. The third-order valence-electron chi connectivity index (χ3n) is 3.97. The Kier molecular flexibility index (Phi) is 5.25. The molecule has 0 saturated heterocycles. The van der Waals surface area contributed by atoms with Gasteiger partial charge >= 0.3 is 0 Å². The molecule has 2 nitrogen and oxygen atoms in total. The van der Waals surface area contributed by atoms with Gasteiger partial charge in [0, 0.05) is 12.1 Å². The van der Waals surface area contributed by atoms with E-state index in [1.165, 1.54) is 11.1 Å². The van der Waals surface area contributed by atoms with E-state index in [9.17, 15) is 4.79 Å². The van der Waals surface area contributed by atoms with Crippen molar-refractivity contribution >= 4 is 11.6 Å². The number of hydrogen-bond donors (Lipinski definition) is 1. The summed E-state index contributed by atoms with van der Waals surface area (Å²) in [6.07, 6.45) is 1.27. The smallest absolute Gasteiger partial charge is 0.224 e. The molecule has 0 aliphatic carbocycles. The zero-order valence-corrected chi connectivity index (χ0v) is 14.9. The van der Waals surface area contributed by atoms with Crippen molar-refractivity contribution < 1.29 is 4.79 Å². The minimum atomic E-state index is 0.0647. The van der Waals surface area contributed by atoms with Crippen LogP contribution in [0.4, 0.5) is 5.69 Å². The van der Waals surface area contributed by atoms with E-state index < -0.39 is 0 Å². The summed E-state index contributed by atoms with van der Waals surface area (Å²) in [7, 11) is 0. The molecular formula is C21H27NO. The predicted octanol–water partition coefficient (Wildman–Crippen LogP) is 5.17. The number of carbonyl (C=O) groups excluding carboxylic acids is 1. The van der Waals surface area contributed by atoms with Crippen molar-refractivity contribution in [2.45, 2.75) is 52.9 Å². The van der Waals surface area contributed by atoms with Crippen LogP contribution in [0.5, 0.6) is 0 Å². The monoisotopic (exact) mass is 309 g/mol. The van der Waals surface area contributed by atoms with E-state index in [4.69, 9.17) is 0 Å². The molecule has 1 N–H and O–H groups in total. The Balaban J connectivity index is 1.91. The summed E-state index contributed by atoms with van der Waals surface area (Å²) in [6.45, 7) is 10.7. The molecule has 0 spiro atoms. The lowest BCUT2D eigenvalue weighted by Crippen LogP contribution is -2.13. The van der Waals surface area contributed by atoms with E-state index in [2.05, 4.69) is 56.4 Å². The molecule has 2 heteroatoms. The summed E-state index contributed by atoms with van der Waals surface area (Å²) in [5.74, 6) is 0.0647. The van der Waals surface area contributed by atoms with Gasteiger partial charge < -0.3 is 5.32 Å². The first kappa shape index (κ1) is 17.3. The van der Waals surface area contributed by atoms with Crippen molar-refractivity contribution in [2.75, 3.05) is 5.32 Å². The molecule has 23 heavy (non-hydrogen) atoms. The van der Waals surface area contributed by atoms with E-state index in [1.807, 2.05) is 26.0 Å². The summed E-state index contributed by atoms with van der Waals surface area (Å²) < 4.78 is 0. The van der Waals surface area contributed by atoms with Crippen LogP contribution in [-0.2, 0) is 16.6 Å². The molecule has 0 aromatic heterocycles. The second kappa shape index (κ2) is 6.99. The average Bonchev–Trinajstić information content (AvgIpc) is 2.43. The van der Waals surface area contributed by atoms with Gasteiger partial charge in [-0.15, -0.1) is 0 Å². The average molecular weight is 309 g/mol. The first-order valence-electron chi connectivity index (χ1n) is 8.21. The fraction of sp³-hybridized carbons (Fsp3) is 0.381. The van der Waals surface area contributed by atoms with Gasteiger partial charge in [0.25, 0.3) is 0 Å². The molecule has 0 heterocycles. The zero-order valence-electron chi connectivity index (χ0n) is 14.9. The van der Waals surface area contributed by atoms with Crippen molar-refractivity contribution in [2.24, 2.45) is 0 Å². The third kappa shape index (κ3) is 5.24. The van der Waals surface area contributed by atoms with Crippen molar-refractivity contribution in [1.29, 1.82) is 0 Å². The standard InChI is InChI=1S/C21H27NO/c1-15-12-16(2)14-19(13-15)22-20(23)11-8-17-6-9-18(10-7-17)21(3,4)5/h6-7,9-10,12-14H,8,11H2,1-5H3,(H,22,23). The molecule has 122 valence electrons. The van der Waals surface area contributed by atoms with E-state index in [0.29, 0.717) is 6.42 Å². The molecule has 2 aromatic rings. The number of rotatable bonds is 4. The number of anilines is 1. The highest BCUT2D eigenvalue weighted by atomic mass is 16.1. The van der Waals surface area contributed by atoms with Gasteiger partial charge in [0.15, 0.2) is 0 Å². The predicted molar refractivity (Wildman–Crippen MR) is 98.0 cm³/mol. The molecule has 1 amide bonds. The zero-order chi connectivity index (χ0) is 17.0. The van der Waals surface area contributed by atoms with E-state index in [-0.39, 0.29) is 11.3 Å². The minimum absolute atomic E-state index is 0.0647. The Labute approximate surface area is 139 Å². The van der Waals surface area contributed by atoms with Gasteiger partial charge in [-0.3, -0.25) is 4.79 Å². The highest BCUT2D eigenvalue weighted by molar-refractivity contribution is 5.91. The number of benzene rings is 2. The lowest BCUT2D eigenvalue weighted by Gasteiger charge is -2.19. The van der Waals surface area contributed by atoms with Crippen LogP contribution in [0.25, 0.3) is 0 Å². The fourth-order valence-electron chi connectivity index (χ4n) is 2.70. The number of carbonyl (C=O) groups is 1. The molecule has 0 radical (unpaired) electrons. The number of amides is 1. The molecule has 0 unspecified atom stereocenters. The quantitative estimate of drug-likeness (QED) is 0.829. The van der Waals surface area contributed by atoms with Gasteiger partial charge in [0.1, 0.15) is 0 Å². The molecule has 0 fully saturated rings. The summed E-state index contributed by atoms with van der Waals surface area (Å²) in [5, 5.41) is 2.99. The first-order chi connectivity index (χ1) is 10.7. The summed E-state index contributed by atoms with van der Waals surface area (Å²) >= 11 is 0. The summed E-state index contributed by atoms with van der Waals surface area (Å²) in [4.78, 5) is 12.1. The van der Waals surface area contributed by atoms with Crippen molar-refractivity contribution in [3.8, 4) is 0 Å². The Morgan fingerprint density at radius 1 is 0.957 bits per heavy atom. The molecule has 0 bridgehead atoms. The van der Waals surface area contributed by atoms with Crippen LogP contribution < -0.4 is 5.32 Å². The third-order valence-corrected chi connectivity index (χ3v) is 3.97. The molecule has 0 aliphatic rings. The highest BCUT2D eigenvalue weighted by Gasteiger charge is 2.13. The van der Waals surface area contributed by atoms with Gasteiger partial charge in [0.05, 0.1) is 0 Å². The maximum atomic E-state index is 12.1. The molecule has 0 aliphatic heterocycles. The van der Waals surface area contributed by atoms with Crippen LogP contribution in [-0.4, -0.2) is 5.91 Å². The molecule has 0 saturated carbocycles. The van der Waals surface area contributed by atoms with Gasteiger partial charge in [-0.1, -0.05) is 51.1 Å². The summed E-state index contributed by atoms with van der Waals surface area (Å²) in [5.41, 5.74) is 5.90. The van der Waals surface area contributed by atoms with Crippen LogP contribution in [0.3, 0.4) is 0 Å². The normalized spacial score (nSPS) is 11.3. The lowest BCUT2D eigenvalue weighted by atomic mass is 9.86. The molecular weight excluding hydrogens is 282 g/mol. The molecule has 0 atom stereocenters. The van der Waals surface area contributed by atoms with Crippen LogP contribution >= 0.6 is 0 Å². The highest BCUT2D eigenvalue weighted by Crippen LogP contribution is 2.22. The van der Waals surface area contributed by atoms with Gasteiger partial charge in [-0.2, -0.15) is 0 Å². The SMILES string of the molecule is Cc1cc(C)cc(NC(=O)CCc2ccc(C(C)(C)C)cc2)c1. The number of aryl methyl sites for hydroxylation is 3. The summed E-state index contributed by atoms with van der Waals surface area (Å²) in [6, 6.07) is 14.7. The van der Waals surface area contributed by atoms with Crippen molar-refractivity contribution in [1.82, 2.24) is 0 Å². The van der Waals surface area contributed by atoms with Crippen LogP contribution in [0.2, 0.25) is 0 Å². The Morgan fingerprint density at radius 2 is 1.52 bits per heavy atom. The van der Waals surface area contributed by atoms with E-state index in [0.717, 1.165) is 23.2 Å². The maximum Gasteiger partial charge on any atom is 0.224 e. The Bertz CT molecular complexity index is 658. The second-order valence-corrected chi connectivity index (χ2v) is 7.37. The topological polar surface area (TPSA) is 29.1 Å². The Morgan fingerprint density at radius 3 is 2.04 bits per heavy atom. The van der Waals surface area contributed by atoms with Crippen LogP contribution in [0.1, 0.15) is 49.4 Å². The number of hydrogen-bond acceptors (Lipinski definition) is 1. The van der Waals surface area contributed by atoms with Gasteiger partial charge in [-0.25, -0.2) is 0 Å². The second-order valence-electron chi connectivity index (χ2n) is 7.37. The first-order valence-corrected chi connectivity index (χ1v) is 8.21.